The van der Waals surface area contributed by atoms with Crippen molar-refractivity contribution < 1.29 is 0 Å². The van der Waals surface area contributed by atoms with Gasteiger partial charge in [0.1, 0.15) is 0 Å². The van der Waals surface area contributed by atoms with Crippen LogP contribution in [0, 0.1) is 13.8 Å². The normalized spacial score (nSPS) is 13.0. The van der Waals surface area contributed by atoms with Crippen molar-refractivity contribution in [3.8, 4) is 5.69 Å². The lowest BCUT2D eigenvalue weighted by Crippen LogP contribution is -2.13. The number of aryl methyl sites for hydroxylation is 2. The molecule has 0 spiro atoms. The molecule has 0 amide bonds. The molecule has 3 aromatic rings. The molecule has 2 heterocycles. The fraction of sp³-hybridized carbons (Fsp3) is 0.111. The Kier molecular flexibility index (Phi) is 2.14. The lowest BCUT2D eigenvalue weighted by atomic mass is 10.0. The molecule has 0 saturated carbocycles. The van der Waals surface area contributed by atoms with Gasteiger partial charge in [0.15, 0.2) is 0 Å². The van der Waals surface area contributed by atoms with Gasteiger partial charge in [-0.1, -0.05) is 30.8 Å². The van der Waals surface area contributed by atoms with Crippen LogP contribution >= 0.6 is 0 Å². The number of anilines is 1. The molecule has 20 heavy (non-hydrogen) atoms. The minimum absolute atomic E-state index is 0.960. The Morgan fingerprint density at radius 3 is 2.65 bits per heavy atom. The first-order valence-corrected chi connectivity index (χ1v) is 6.83. The predicted molar refractivity (Wildman–Crippen MR) is 85.4 cm³/mol. The number of hydrogen-bond acceptors (Lipinski definition) is 1. The van der Waals surface area contributed by atoms with E-state index in [-0.39, 0.29) is 0 Å². The van der Waals surface area contributed by atoms with Crippen molar-refractivity contribution in [3.63, 3.8) is 0 Å². The Labute approximate surface area is 118 Å². The fourth-order valence-electron chi connectivity index (χ4n) is 2.98. The Bertz CT molecular complexity index is 869. The first kappa shape index (κ1) is 11.4. The molecule has 0 saturated heterocycles. The van der Waals surface area contributed by atoms with Gasteiger partial charge in [-0.25, -0.2) is 0 Å². The molecule has 1 aliphatic heterocycles. The van der Waals surface area contributed by atoms with Crippen LogP contribution < -0.4 is 5.32 Å². The third-order valence-corrected chi connectivity index (χ3v) is 4.17. The summed E-state index contributed by atoms with van der Waals surface area (Å²) in [5.74, 6) is 0. The lowest BCUT2D eigenvalue weighted by Gasteiger charge is -2.24. The smallest absolute Gasteiger partial charge is 0.0766 e. The average molecular weight is 260 g/mol. The third kappa shape index (κ3) is 1.39. The zero-order valence-corrected chi connectivity index (χ0v) is 11.7. The minimum Gasteiger partial charge on any atom is -0.353 e. The molecule has 0 aliphatic carbocycles. The van der Waals surface area contributed by atoms with Gasteiger partial charge in [-0.15, -0.1) is 0 Å². The number of rotatable bonds is 0. The number of nitrogens with zero attached hydrogens (tertiary/aromatic N) is 1. The summed E-state index contributed by atoms with van der Waals surface area (Å²) >= 11 is 0. The molecule has 1 N–H and O–H groups in total. The van der Waals surface area contributed by atoms with E-state index >= 15 is 0 Å². The number of aromatic nitrogens is 1. The Hall–Kier alpha value is -2.48. The van der Waals surface area contributed by atoms with Gasteiger partial charge in [-0.05, 0) is 37.1 Å². The summed E-state index contributed by atoms with van der Waals surface area (Å²) in [7, 11) is 0. The van der Waals surface area contributed by atoms with Gasteiger partial charge >= 0.3 is 0 Å². The Balaban J connectivity index is 2.12. The fourth-order valence-corrected chi connectivity index (χ4v) is 2.98. The van der Waals surface area contributed by atoms with E-state index in [1.54, 1.807) is 0 Å². The Morgan fingerprint density at radius 2 is 1.80 bits per heavy atom. The van der Waals surface area contributed by atoms with Gasteiger partial charge in [0.25, 0.3) is 0 Å². The second-order valence-corrected chi connectivity index (χ2v) is 5.49. The topological polar surface area (TPSA) is 17.0 Å². The molecule has 0 fully saturated rings. The van der Waals surface area contributed by atoms with E-state index in [4.69, 9.17) is 0 Å². The summed E-state index contributed by atoms with van der Waals surface area (Å²) in [6.07, 6.45) is 2.20. The van der Waals surface area contributed by atoms with Gasteiger partial charge < -0.3 is 9.88 Å². The zero-order chi connectivity index (χ0) is 13.9. The maximum Gasteiger partial charge on any atom is 0.0766 e. The van der Waals surface area contributed by atoms with Crippen molar-refractivity contribution in [3.05, 3.63) is 66.0 Å². The molecule has 2 nitrogen and oxygen atoms in total. The van der Waals surface area contributed by atoms with Gasteiger partial charge in [0.2, 0.25) is 0 Å². The number of nitrogens with one attached hydrogen (secondary N) is 1. The van der Waals surface area contributed by atoms with Crippen LogP contribution in [0.3, 0.4) is 0 Å². The summed E-state index contributed by atoms with van der Waals surface area (Å²) in [6.45, 7) is 8.49. The molecule has 0 unspecified atom stereocenters. The van der Waals surface area contributed by atoms with Gasteiger partial charge in [0, 0.05) is 17.0 Å². The molecule has 2 heteroatoms. The monoisotopic (exact) mass is 260 g/mol. The van der Waals surface area contributed by atoms with Crippen molar-refractivity contribution in [2.75, 3.05) is 5.32 Å². The lowest BCUT2D eigenvalue weighted by molar-refractivity contribution is 1.04. The quantitative estimate of drug-likeness (QED) is 0.623. The van der Waals surface area contributed by atoms with Gasteiger partial charge in [0.05, 0.1) is 22.8 Å². The van der Waals surface area contributed by atoms with Crippen molar-refractivity contribution in [1.29, 1.82) is 0 Å². The van der Waals surface area contributed by atoms with E-state index in [0.717, 1.165) is 17.1 Å². The minimum atomic E-state index is 0.960. The number of fused-ring (bicyclic) bond motifs is 5. The summed E-state index contributed by atoms with van der Waals surface area (Å²) in [5, 5.41) is 5.94. The van der Waals surface area contributed by atoms with Crippen LogP contribution in [0.2, 0.25) is 0 Å². The molecule has 0 atom stereocenters. The van der Waals surface area contributed by atoms with E-state index in [9.17, 15) is 0 Å². The first-order valence-electron chi connectivity index (χ1n) is 6.83. The standard InChI is InChI=1S/C18H16N2/c1-11-8-16-17(9-12(11)2)20-10-14-6-4-5-7-15(14)18(20)13(3)19-16/h4-10,19H,3H2,1-2H3. The molecule has 2 aromatic carbocycles. The molecule has 1 aliphatic rings. The third-order valence-electron chi connectivity index (χ3n) is 4.17. The zero-order valence-electron chi connectivity index (χ0n) is 11.7. The highest BCUT2D eigenvalue weighted by Gasteiger charge is 2.21. The van der Waals surface area contributed by atoms with Crippen LogP contribution in [0.25, 0.3) is 22.2 Å². The van der Waals surface area contributed by atoms with E-state index < -0.39 is 0 Å². The molecule has 0 radical (unpaired) electrons. The Morgan fingerprint density at radius 1 is 1.05 bits per heavy atom. The van der Waals surface area contributed by atoms with Crippen LogP contribution in [0.5, 0.6) is 0 Å². The molecular formula is C18H16N2. The number of hydrogen-bond donors (Lipinski definition) is 1. The van der Waals surface area contributed by atoms with Crippen LogP contribution in [-0.2, 0) is 0 Å². The van der Waals surface area contributed by atoms with Crippen LogP contribution in [0.4, 0.5) is 5.69 Å². The van der Waals surface area contributed by atoms with Crippen LogP contribution in [0.15, 0.2) is 49.2 Å². The van der Waals surface area contributed by atoms with Crippen molar-refractivity contribution in [2.45, 2.75) is 13.8 Å². The van der Waals surface area contributed by atoms with E-state index in [1.807, 2.05) is 0 Å². The SMILES string of the molecule is C=C1Nc2cc(C)c(C)cc2-n2cc3ccccc3c21. The highest BCUT2D eigenvalue weighted by Crippen LogP contribution is 2.38. The summed E-state index contributed by atoms with van der Waals surface area (Å²) in [5.41, 5.74) is 7.06. The van der Waals surface area contributed by atoms with Crippen LogP contribution in [0.1, 0.15) is 16.8 Å². The van der Waals surface area contributed by atoms with Crippen molar-refractivity contribution >= 4 is 22.2 Å². The van der Waals surface area contributed by atoms with Gasteiger partial charge in [-0.3, -0.25) is 0 Å². The van der Waals surface area contributed by atoms with E-state index in [2.05, 4.69) is 72.9 Å². The second-order valence-electron chi connectivity index (χ2n) is 5.49. The summed E-state index contributed by atoms with van der Waals surface area (Å²) < 4.78 is 2.26. The first-order chi connectivity index (χ1) is 9.65. The highest BCUT2D eigenvalue weighted by molar-refractivity contribution is 5.99. The maximum atomic E-state index is 4.20. The summed E-state index contributed by atoms with van der Waals surface area (Å²) in [4.78, 5) is 0. The molecular weight excluding hydrogens is 244 g/mol. The average Bonchev–Trinajstić information content (AvgIpc) is 2.81. The highest BCUT2D eigenvalue weighted by atomic mass is 15.1. The molecule has 0 bridgehead atoms. The van der Waals surface area contributed by atoms with Crippen molar-refractivity contribution in [1.82, 2.24) is 4.57 Å². The van der Waals surface area contributed by atoms with Crippen molar-refractivity contribution in [2.24, 2.45) is 0 Å². The van der Waals surface area contributed by atoms with E-state index in [1.165, 1.54) is 27.6 Å². The van der Waals surface area contributed by atoms with E-state index in [0.29, 0.717) is 0 Å². The summed E-state index contributed by atoms with van der Waals surface area (Å²) in [6, 6.07) is 12.9. The maximum absolute atomic E-state index is 4.20. The largest absolute Gasteiger partial charge is 0.353 e. The molecule has 4 rings (SSSR count). The van der Waals surface area contributed by atoms with Gasteiger partial charge in [-0.2, -0.15) is 0 Å². The second kappa shape index (κ2) is 3.76. The number of benzene rings is 2. The predicted octanol–water partition coefficient (Wildman–Crippen LogP) is 4.64. The van der Waals surface area contributed by atoms with Crippen LogP contribution in [-0.4, -0.2) is 4.57 Å². The molecule has 1 aromatic heterocycles. The molecule has 98 valence electrons.